The summed E-state index contributed by atoms with van der Waals surface area (Å²) < 4.78 is 1.58. The number of aromatic nitrogens is 1. The van der Waals surface area contributed by atoms with Crippen LogP contribution in [0.2, 0.25) is 0 Å². The van der Waals surface area contributed by atoms with E-state index in [0.717, 1.165) is 24.1 Å². The van der Waals surface area contributed by atoms with E-state index in [1.54, 1.807) is 16.8 Å². The third kappa shape index (κ3) is 1.20. The van der Waals surface area contributed by atoms with Crippen molar-refractivity contribution in [2.45, 2.75) is 26.2 Å². The lowest BCUT2D eigenvalue weighted by molar-refractivity contribution is 0.0932. The molecule has 1 aliphatic carbocycles. The summed E-state index contributed by atoms with van der Waals surface area (Å²) in [6.07, 6.45) is 4.02. The van der Waals surface area contributed by atoms with Gasteiger partial charge < -0.3 is 0 Å². The third-order valence-electron chi connectivity index (χ3n) is 2.45. The molecule has 0 aliphatic heterocycles. The van der Waals surface area contributed by atoms with Crippen LogP contribution in [0.4, 0.5) is 0 Å². The molecule has 0 unspecified atom stereocenters. The topological polar surface area (TPSA) is 39.1 Å². The minimum absolute atomic E-state index is 0.0176. The first-order valence-electron chi connectivity index (χ1n) is 4.44. The summed E-state index contributed by atoms with van der Waals surface area (Å²) in [5.41, 5.74) is 1.63. The first-order chi connectivity index (χ1) is 6.20. The number of hydrogen-bond acceptors (Lipinski definition) is 2. The maximum Gasteiger partial charge on any atom is 0.227 e. The van der Waals surface area contributed by atoms with Crippen molar-refractivity contribution in [3.05, 3.63) is 23.5 Å². The lowest BCUT2D eigenvalue weighted by Crippen LogP contribution is -2.15. The van der Waals surface area contributed by atoms with E-state index in [1.807, 2.05) is 0 Å². The average Bonchev–Trinajstić information content (AvgIpc) is 2.48. The van der Waals surface area contributed by atoms with Crippen molar-refractivity contribution in [2.75, 3.05) is 0 Å². The highest BCUT2D eigenvalue weighted by Crippen LogP contribution is 2.21. The molecule has 0 saturated carbocycles. The number of hydrogen-bond donors (Lipinski definition) is 0. The quantitative estimate of drug-likeness (QED) is 0.604. The molecule has 0 amide bonds. The van der Waals surface area contributed by atoms with Crippen LogP contribution in [-0.4, -0.2) is 16.3 Å². The zero-order chi connectivity index (χ0) is 9.42. The Kier molecular flexibility index (Phi) is 1.79. The van der Waals surface area contributed by atoms with Crippen molar-refractivity contribution < 1.29 is 9.59 Å². The highest BCUT2D eigenvalue weighted by molar-refractivity contribution is 5.99. The van der Waals surface area contributed by atoms with Crippen LogP contribution < -0.4 is 0 Å². The maximum atomic E-state index is 11.4. The molecule has 0 aromatic carbocycles. The van der Waals surface area contributed by atoms with Gasteiger partial charge in [0.05, 0.1) is 0 Å². The minimum Gasteiger partial charge on any atom is -0.294 e. The van der Waals surface area contributed by atoms with E-state index in [2.05, 4.69) is 0 Å². The van der Waals surface area contributed by atoms with Crippen molar-refractivity contribution in [3.8, 4) is 0 Å². The van der Waals surface area contributed by atoms with E-state index in [1.165, 1.54) is 6.92 Å². The van der Waals surface area contributed by atoms with E-state index in [-0.39, 0.29) is 11.7 Å². The van der Waals surface area contributed by atoms with E-state index in [4.69, 9.17) is 0 Å². The zero-order valence-corrected chi connectivity index (χ0v) is 7.54. The van der Waals surface area contributed by atoms with E-state index >= 15 is 0 Å². The summed E-state index contributed by atoms with van der Waals surface area (Å²) in [5.74, 6) is 0.150. The number of carbonyl (C=O) groups excluding carboxylic acids is 2. The van der Waals surface area contributed by atoms with Gasteiger partial charge in [-0.3, -0.25) is 14.2 Å². The molecule has 0 fully saturated rings. The molecule has 3 nitrogen and oxygen atoms in total. The van der Waals surface area contributed by atoms with Gasteiger partial charge in [0.2, 0.25) is 5.91 Å². The molecule has 2 rings (SSSR count). The Bertz CT molecular complexity index is 363. The lowest BCUT2D eigenvalue weighted by Gasteiger charge is -2.12. The summed E-state index contributed by atoms with van der Waals surface area (Å²) in [5, 5.41) is 0. The van der Waals surface area contributed by atoms with Gasteiger partial charge in [0.15, 0.2) is 5.78 Å². The molecule has 0 radical (unpaired) electrons. The number of nitrogens with zero attached hydrogens (tertiary/aromatic N) is 1. The van der Waals surface area contributed by atoms with Crippen LogP contribution in [0.3, 0.4) is 0 Å². The summed E-state index contributed by atoms with van der Waals surface area (Å²) in [6, 6.07) is 1.75. The van der Waals surface area contributed by atoms with E-state index in [0.29, 0.717) is 6.42 Å². The molecule has 1 aliphatic rings. The number of ketones is 1. The van der Waals surface area contributed by atoms with Gasteiger partial charge in [-0.15, -0.1) is 0 Å². The van der Waals surface area contributed by atoms with Crippen LogP contribution >= 0.6 is 0 Å². The average molecular weight is 177 g/mol. The van der Waals surface area contributed by atoms with Gasteiger partial charge in [0, 0.05) is 30.8 Å². The zero-order valence-electron chi connectivity index (χ0n) is 7.54. The predicted octanol–water partition coefficient (Wildman–Crippen LogP) is 1.67. The molecule has 0 bridgehead atoms. The van der Waals surface area contributed by atoms with Gasteiger partial charge in [-0.05, 0) is 18.9 Å². The van der Waals surface area contributed by atoms with Crippen molar-refractivity contribution in [1.82, 2.24) is 4.57 Å². The Morgan fingerprint density at radius 2 is 2.23 bits per heavy atom. The second-order valence-electron chi connectivity index (χ2n) is 3.34. The summed E-state index contributed by atoms with van der Waals surface area (Å²) in [7, 11) is 0. The molecule has 0 atom stereocenters. The second kappa shape index (κ2) is 2.83. The van der Waals surface area contributed by atoms with Crippen LogP contribution in [0.5, 0.6) is 0 Å². The largest absolute Gasteiger partial charge is 0.294 e. The molecular formula is C10H11NO2. The Balaban J connectivity index is 2.53. The van der Waals surface area contributed by atoms with Crippen molar-refractivity contribution in [3.63, 3.8) is 0 Å². The SMILES string of the molecule is CC(=O)n1ccc2c1CCCC2=O. The molecule has 1 aromatic heterocycles. The van der Waals surface area contributed by atoms with Crippen LogP contribution in [-0.2, 0) is 6.42 Å². The fraction of sp³-hybridized carbons (Fsp3) is 0.400. The monoisotopic (exact) mass is 177 g/mol. The molecule has 0 N–H and O–H groups in total. The fourth-order valence-electron chi connectivity index (χ4n) is 1.82. The Morgan fingerprint density at radius 3 is 2.92 bits per heavy atom. The van der Waals surface area contributed by atoms with Crippen LogP contribution in [0.1, 0.15) is 40.6 Å². The normalized spacial score (nSPS) is 15.6. The molecule has 13 heavy (non-hydrogen) atoms. The smallest absolute Gasteiger partial charge is 0.227 e. The first kappa shape index (κ1) is 8.23. The predicted molar refractivity (Wildman–Crippen MR) is 48.0 cm³/mol. The highest BCUT2D eigenvalue weighted by Gasteiger charge is 2.21. The fourth-order valence-corrected chi connectivity index (χ4v) is 1.82. The third-order valence-corrected chi connectivity index (χ3v) is 2.45. The molecule has 1 heterocycles. The van der Waals surface area contributed by atoms with Crippen molar-refractivity contribution in [1.29, 1.82) is 0 Å². The van der Waals surface area contributed by atoms with Gasteiger partial charge in [0.25, 0.3) is 0 Å². The molecule has 0 saturated heterocycles. The molecular weight excluding hydrogens is 166 g/mol. The molecule has 3 heteroatoms. The molecule has 1 aromatic rings. The minimum atomic E-state index is -0.0176. The summed E-state index contributed by atoms with van der Waals surface area (Å²) in [4.78, 5) is 22.5. The number of rotatable bonds is 0. The number of carbonyl (C=O) groups is 2. The van der Waals surface area contributed by atoms with E-state index < -0.39 is 0 Å². The van der Waals surface area contributed by atoms with Gasteiger partial charge in [-0.25, -0.2) is 0 Å². The second-order valence-corrected chi connectivity index (χ2v) is 3.34. The summed E-state index contributed by atoms with van der Waals surface area (Å²) >= 11 is 0. The van der Waals surface area contributed by atoms with Gasteiger partial charge >= 0.3 is 0 Å². The summed E-state index contributed by atoms with van der Waals surface area (Å²) in [6.45, 7) is 1.51. The Labute approximate surface area is 76.4 Å². The van der Waals surface area contributed by atoms with Gasteiger partial charge in [-0.1, -0.05) is 0 Å². The van der Waals surface area contributed by atoms with Crippen LogP contribution in [0.25, 0.3) is 0 Å². The number of Topliss-reactive ketones (excluding diaryl/α,β-unsaturated/α-hetero) is 1. The molecule has 68 valence electrons. The maximum absolute atomic E-state index is 11.4. The van der Waals surface area contributed by atoms with Crippen LogP contribution in [0.15, 0.2) is 12.3 Å². The number of fused-ring (bicyclic) bond motifs is 1. The first-order valence-corrected chi connectivity index (χ1v) is 4.44. The van der Waals surface area contributed by atoms with Crippen molar-refractivity contribution in [2.24, 2.45) is 0 Å². The Hall–Kier alpha value is -1.38. The highest BCUT2D eigenvalue weighted by atomic mass is 16.2. The van der Waals surface area contributed by atoms with Gasteiger partial charge in [-0.2, -0.15) is 0 Å². The molecule has 0 spiro atoms. The Morgan fingerprint density at radius 1 is 1.46 bits per heavy atom. The van der Waals surface area contributed by atoms with Crippen LogP contribution in [0, 0.1) is 0 Å². The standard InChI is InChI=1S/C10H11NO2/c1-7(12)11-6-5-8-9(11)3-2-4-10(8)13/h5-6H,2-4H2,1H3. The van der Waals surface area contributed by atoms with Gasteiger partial charge in [0.1, 0.15) is 0 Å². The van der Waals surface area contributed by atoms with E-state index in [9.17, 15) is 9.59 Å². The lowest BCUT2D eigenvalue weighted by atomic mass is 9.97. The van der Waals surface area contributed by atoms with Crippen molar-refractivity contribution >= 4 is 11.7 Å².